The molecule has 4 heteroatoms. The number of carboxylic acids is 1. The van der Waals surface area contributed by atoms with Gasteiger partial charge in [0.2, 0.25) is 0 Å². The Balaban J connectivity index is 1.79. The first kappa shape index (κ1) is 13.9. The van der Waals surface area contributed by atoms with E-state index in [0.29, 0.717) is 5.56 Å². The zero-order chi connectivity index (χ0) is 15.8. The van der Waals surface area contributed by atoms with E-state index in [4.69, 9.17) is 5.11 Å². The van der Waals surface area contributed by atoms with Crippen LogP contribution in [0.4, 0.5) is 11.4 Å². The third-order valence-corrected chi connectivity index (χ3v) is 4.97. The van der Waals surface area contributed by atoms with Crippen LogP contribution in [-0.4, -0.2) is 11.1 Å². The fourth-order valence-electron chi connectivity index (χ4n) is 2.69. The maximum Gasteiger partial charge on any atom is 0.335 e. The smallest absolute Gasteiger partial charge is 0.335 e. The van der Waals surface area contributed by atoms with Crippen molar-refractivity contribution in [3.8, 4) is 11.1 Å². The van der Waals surface area contributed by atoms with Gasteiger partial charge in [-0.2, -0.15) is 0 Å². The molecular weight excluding hydrogens is 306 g/mol. The van der Waals surface area contributed by atoms with Gasteiger partial charge in [-0.05, 0) is 35.9 Å². The average Bonchev–Trinajstić information content (AvgIpc) is 2.59. The number of benzene rings is 3. The van der Waals surface area contributed by atoms with Crippen molar-refractivity contribution in [2.45, 2.75) is 9.79 Å². The first-order valence-electron chi connectivity index (χ1n) is 7.23. The van der Waals surface area contributed by atoms with Crippen LogP contribution in [0.15, 0.2) is 76.5 Å². The Morgan fingerprint density at radius 3 is 2.39 bits per heavy atom. The summed E-state index contributed by atoms with van der Waals surface area (Å²) >= 11 is 1.74. The molecule has 4 rings (SSSR count). The molecule has 0 unspecified atom stereocenters. The van der Waals surface area contributed by atoms with Gasteiger partial charge in [0.25, 0.3) is 0 Å². The van der Waals surface area contributed by atoms with Gasteiger partial charge >= 0.3 is 5.97 Å². The molecule has 23 heavy (non-hydrogen) atoms. The fraction of sp³-hybridized carbons (Fsp3) is 0. The van der Waals surface area contributed by atoms with Gasteiger partial charge in [-0.15, -0.1) is 0 Å². The predicted octanol–water partition coefficient (Wildman–Crippen LogP) is 5.26. The van der Waals surface area contributed by atoms with E-state index < -0.39 is 5.97 Å². The van der Waals surface area contributed by atoms with Crippen LogP contribution in [0.5, 0.6) is 0 Å². The maximum absolute atomic E-state index is 11.0. The molecule has 1 heterocycles. The van der Waals surface area contributed by atoms with E-state index >= 15 is 0 Å². The van der Waals surface area contributed by atoms with Crippen molar-refractivity contribution in [2.75, 3.05) is 5.32 Å². The SMILES string of the molecule is O=C(O)c1ccc(-c2cccc3c2Nc2ccccc2S3)cc1. The van der Waals surface area contributed by atoms with Crippen LogP contribution in [0, 0.1) is 0 Å². The lowest BCUT2D eigenvalue weighted by Gasteiger charge is -2.23. The zero-order valence-electron chi connectivity index (χ0n) is 12.1. The number of fused-ring (bicyclic) bond motifs is 2. The second kappa shape index (κ2) is 5.48. The minimum absolute atomic E-state index is 0.297. The second-order valence-corrected chi connectivity index (χ2v) is 6.37. The highest BCUT2D eigenvalue weighted by molar-refractivity contribution is 7.99. The number of anilines is 2. The predicted molar refractivity (Wildman–Crippen MR) is 92.7 cm³/mol. The lowest BCUT2D eigenvalue weighted by atomic mass is 10.0. The van der Waals surface area contributed by atoms with Gasteiger partial charge in [-0.1, -0.05) is 48.2 Å². The van der Waals surface area contributed by atoms with E-state index in [1.54, 1.807) is 23.9 Å². The monoisotopic (exact) mass is 319 g/mol. The molecule has 0 aliphatic carbocycles. The molecule has 0 spiro atoms. The van der Waals surface area contributed by atoms with Gasteiger partial charge in [-0.25, -0.2) is 4.79 Å². The summed E-state index contributed by atoms with van der Waals surface area (Å²) in [5.74, 6) is -0.908. The van der Waals surface area contributed by atoms with Crippen molar-refractivity contribution in [3.05, 3.63) is 72.3 Å². The molecule has 0 bridgehead atoms. The van der Waals surface area contributed by atoms with Crippen molar-refractivity contribution < 1.29 is 9.90 Å². The van der Waals surface area contributed by atoms with E-state index in [1.807, 2.05) is 30.3 Å². The molecule has 0 saturated heterocycles. The number of carboxylic acid groups (broad SMARTS) is 1. The summed E-state index contributed by atoms with van der Waals surface area (Å²) in [5, 5.41) is 12.5. The van der Waals surface area contributed by atoms with E-state index in [1.165, 1.54) is 9.79 Å². The van der Waals surface area contributed by atoms with Crippen LogP contribution in [0.2, 0.25) is 0 Å². The maximum atomic E-state index is 11.0. The van der Waals surface area contributed by atoms with Gasteiger partial charge < -0.3 is 10.4 Å². The number of carbonyl (C=O) groups is 1. The van der Waals surface area contributed by atoms with Crippen LogP contribution < -0.4 is 5.32 Å². The summed E-state index contributed by atoms with van der Waals surface area (Å²) in [4.78, 5) is 13.4. The van der Waals surface area contributed by atoms with Gasteiger partial charge in [0.05, 0.1) is 16.9 Å². The standard InChI is InChI=1S/C19H13NO2S/c21-19(22)13-10-8-12(9-11-13)14-4-3-7-17-18(14)20-15-5-1-2-6-16(15)23-17/h1-11,20H,(H,21,22). The molecule has 3 aromatic rings. The van der Waals surface area contributed by atoms with Crippen molar-refractivity contribution >= 4 is 29.1 Å². The zero-order valence-corrected chi connectivity index (χ0v) is 12.9. The van der Waals surface area contributed by atoms with Crippen LogP contribution in [0.3, 0.4) is 0 Å². The van der Waals surface area contributed by atoms with E-state index in [9.17, 15) is 4.79 Å². The van der Waals surface area contributed by atoms with Crippen molar-refractivity contribution in [1.29, 1.82) is 0 Å². The summed E-state index contributed by atoms with van der Waals surface area (Å²) in [6.45, 7) is 0. The highest BCUT2D eigenvalue weighted by atomic mass is 32.2. The Kier molecular flexibility index (Phi) is 3.32. The van der Waals surface area contributed by atoms with Gasteiger partial charge in [0.1, 0.15) is 0 Å². The normalized spacial score (nSPS) is 12.0. The number of aromatic carboxylic acids is 1. The van der Waals surface area contributed by atoms with E-state index in [0.717, 1.165) is 22.5 Å². The van der Waals surface area contributed by atoms with Gasteiger partial charge in [0.15, 0.2) is 0 Å². The summed E-state index contributed by atoms with van der Waals surface area (Å²) < 4.78 is 0. The van der Waals surface area contributed by atoms with Crippen LogP contribution in [-0.2, 0) is 0 Å². The van der Waals surface area contributed by atoms with E-state index in [-0.39, 0.29) is 0 Å². The summed E-state index contributed by atoms with van der Waals surface area (Å²) in [5.41, 5.74) is 4.53. The third-order valence-electron chi connectivity index (χ3n) is 3.84. The number of para-hydroxylation sites is 2. The minimum atomic E-state index is -0.908. The molecule has 0 atom stereocenters. The number of rotatable bonds is 2. The summed E-state index contributed by atoms with van der Waals surface area (Å²) in [6.07, 6.45) is 0. The quantitative estimate of drug-likeness (QED) is 0.529. The molecule has 1 aliphatic rings. The molecule has 112 valence electrons. The Morgan fingerprint density at radius 2 is 1.61 bits per heavy atom. The highest BCUT2D eigenvalue weighted by Crippen LogP contribution is 2.47. The summed E-state index contributed by atoms with van der Waals surface area (Å²) in [6, 6.07) is 21.4. The van der Waals surface area contributed by atoms with Gasteiger partial charge in [-0.3, -0.25) is 0 Å². The number of nitrogens with one attached hydrogen (secondary N) is 1. The molecule has 0 aromatic heterocycles. The van der Waals surface area contributed by atoms with Crippen molar-refractivity contribution in [3.63, 3.8) is 0 Å². The Bertz CT molecular complexity index is 903. The second-order valence-electron chi connectivity index (χ2n) is 5.28. The molecule has 0 radical (unpaired) electrons. The Hall–Kier alpha value is -2.72. The Morgan fingerprint density at radius 1 is 0.870 bits per heavy atom. The third kappa shape index (κ3) is 2.47. The highest BCUT2D eigenvalue weighted by Gasteiger charge is 2.18. The molecule has 0 fully saturated rings. The van der Waals surface area contributed by atoms with E-state index in [2.05, 4.69) is 29.6 Å². The van der Waals surface area contributed by atoms with Crippen LogP contribution >= 0.6 is 11.8 Å². The lowest BCUT2D eigenvalue weighted by molar-refractivity contribution is 0.0697. The van der Waals surface area contributed by atoms with Crippen LogP contribution in [0.1, 0.15) is 10.4 Å². The molecule has 2 N–H and O–H groups in total. The largest absolute Gasteiger partial charge is 0.478 e. The van der Waals surface area contributed by atoms with Crippen LogP contribution in [0.25, 0.3) is 11.1 Å². The van der Waals surface area contributed by atoms with Gasteiger partial charge in [0, 0.05) is 15.4 Å². The molecule has 1 aliphatic heterocycles. The topological polar surface area (TPSA) is 49.3 Å². The molecule has 0 amide bonds. The molecular formula is C19H13NO2S. The fourth-order valence-corrected chi connectivity index (χ4v) is 3.71. The first-order valence-corrected chi connectivity index (χ1v) is 8.05. The number of hydrogen-bond acceptors (Lipinski definition) is 3. The lowest BCUT2D eigenvalue weighted by Crippen LogP contribution is -2.01. The minimum Gasteiger partial charge on any atom is -0.478 e. The molecule has 0 saturated carbocycles. The molecule has 3 aromatic carbocycles. The average molecular weight is 319 g/mol. The Labute approximate surface area is 138 Å². The van der Waals surface area contributed by atoms with Crippen molar-refractivity contribution in [1.82, 2.24) is 0 Å². The van der Waals surface area contributed by atoms with Crippen molar-refractivity contribution in [2.24, 2.45) is 0 Å². The summed E-state index contributed by atoms with van der Waals surface area (Å²) in [7, 11) is 0. The first-order chi connectivity index (χ1) is 11.2. The molecule has 3 nitrogen and oxygen atoms in total. The number of hydrogen-bond donors (Lipinski definition) is 2.